The Kier molecular flexibility index (Phi) is 2.21. The topological polar surface area (TPSA) is 12.9 Å². The minimum atomic E-state index is 0.715. The lowest BCUT2D eigenvalue weighted by atomic mass is 9.99. The molecule has 0 saturated carbocycles. The summed E-state index contributed by atoms with van der Waals surface area (Å²) in [5.74, 6) is 0. The maximum atomic E-state index is 5.52. The summed E-state index contributed by atoms with van der Waals surface area (Å²) in [4.78, 5) is 4.00. The monoisotopic (exact) mass is 153 g/mol. The predicted molar refractivity (Wildman–Crippen MR) is 48.3 cm³/mol. The van der Waals surface area contributed by atoms with Crippen molar-refractivity contribution >= 4 is 42.5 Å². The molecule has 2 atom stereocenters. The predicted octanol–water partition coefficient (Wildman–Crippen LogP) is -1.12. The van der Waals surface area contributed by atoms with Crippen LogP contribution in [0.15, 0.2) is 12.3 Å². The summed E-state index contributed by atoms with van der Waals surface area (Å²) < 4.78 is 0. The van der Waals surface area contributed by atoms with Crippen molar-refractivity contribution in [3.63, 3.8) is 0 Å². The first kappa shape index (κ1) is 7.19. The quantitative estimate of drug-likeness (QED) is 0.339. The van der Waals surface area contributed by atoms with Gasteiger partial charge in [0.2, 0.25) is 0 Å². The summed E-state index contributed by atoms with van der Waals surface area (Å²) in [6.07, 6.45) is 1.75. The van der Waals surface area contributed by atoms with E-state index in [2.05, 4.69) is 23.5 Å². The van der Waals surface area contributed by atoms with E-state index in [0.29, 0.717) is 5.46 Å². The maximum Gasteiger partial charge on any atom is 0.116 e. The molecule has 0 spiro atoms. The number of hydrogen-bond acceptors (Lipinski definition) is 1. The van der Waals surface area contributed by atoms with Gasteiger partial charge < -0.3 is 0 Å². The Labute approximate surface area is 60.5 Å². The SMILES string of the molecule is [B]c1cc(P)cnc1P. The van der Waals surface area contributed by atoms with Crippen LogP contribution in [-0.2, 0) is 0 Å². The van der Waals surface area contributed by atoms with E-state index in [0.717, 1.165) is 10.7 Å². The summed E-state index contributed by atoms with van der Waals surface area (Å²) in [6.45, 7) is 0. The molecule has 4 heteroatoms. The fourth-order valence-electron chi connectivity index (χ4n) is 0.509. The number of rotatable bonds is 0. The van der Waals surface area contributed by atoms with Crippen LogP contribution in [0.1, 0.15) is 0 Å². The lowest BCUT2D eigenvalue weighted by Crippen LogP contribution is -2.24. The first-order valence-corrected chi connectivity index (χ1v) is 3.62. The Morgan fingerprint density at radius 3 is 2.56 bits per heavy atom. The molecule has 1 nitrogen and oxygen atoms in total. The number of hydrogen-bond donors (Lipinski definition) is 0. The normalized spacial score (nSPS) is 9.56. The second-order valence-corrected chi connectivity index (χ2v) is 2.96. The van der Waals surface area contributed by atoms with Gasteiger partial charge in [-0.3, -0.25) is 4.98 Å². The molecule has 1 aromatic rings. The molecule has 0 N–H and O–H groups in total. The minimum Gasteiger partial charge on any atom is -0.257 e. The van der Waals surface area contributed by atoms with Crippen LogP contribution in [-0.4, -0.2) is 12.8 Å². The molecule has 44 valence electrons. The standard InChI is InChI=1S/C5H6BNP2/c6-4-1-3(8)2-7-5(4)9/h1-2H,8-9H2. The van der Waals surface area contributed by atoms with Crippen molar-refractivity contribution in [2.75, 3.05) is 0 Å². The van der Waals surface area contributed by atoms with Crippen molar-refractivity contribution in [1.29, 1.82) is 0 Å². The highest BCUT2D eigenvalue weighted by Crippen LogP contribution is 1.83. The van der Waals surface area contributed by atoms with E-state index in [9.17, 15) is 0 Å². The van der Waals surface area contributed by atoms with Crippen LogP contribution < -0.4 is 16.2 Å². The third kappa shape index (κ3) is 1.74. The lowest BCUT2D eigenvalue weighted by molar-refractivity contribution is 1.44. The van der Waals surface area contributed by atoms with Gasteiger partial charge in [0.1, 0.15) is 7.85 Å². The first-order valence-electron chi connectivity index (χ1n) is 2.46. The van der Waals surface area contributed by atoms with Crippen LogP contribution in [0.5, 0.6) is 0 Å². The van der Waals surface area contributed by atoms with E-state index >= 15 is 0 Å². The zero-order valence-corrected chi connectivity index (χ0v) is 7.14. The molecule has 0 bridgehead atoms. The Morgan fingerprint density at radius 2 is 2.11 bits per heavy atom. The molecule has 0 saturated heterocycles. The number of aromatic nitrogens is 1. The molecular weight excluding hydrogens is 147 g/mol. The van der Waals surface area contributed by atoms with Gasteiger partial charge in [-0.2, -0.15) is 0 Å². The van der Waals surface area contributed by atoms with E-state index in [1.54, 1.807) is 6.20 Å². The summed E-state index contributed by atoms with van der Waals surface area (Å²) >= 11 is 0. The molecule has 9 heavy (non-hydrogen) atoms. The highest BCUT2D eigenvalue weighted by atomic mass is 31.0. The minimum absolute atomic E-state index is 0.715. The van der Waals surface area contributed by atoms with Crippen molar-refractivity contribution < 1.29 is 0 Å². The Balaban J connectivity index is 3.17. The lowest BCUT2D eigenvalue weighted by Gasteiger charge is -1.97. The Morgan fingerprint density at radius 1 is 1.44 bits per heavy atom. The van der Waals surface area contributed by atoms with Crippen LogP contribution >= 0.6 is 18.5 Å². The van der Waals surface area contributed by atoms with Gasteiger partial charge in [0, 0.05) is 11.6 Å². The molecule has 0 amide bonds. The largest absolute Gasteiger partial charge is 0.257 e. The van der Waals surface area contributed by atoms with E-state index in [1.807, 2.05) is 6.07 Å². The second kappa shape index (κ2) is 2.77. The van der Waals surface area contributed by atoms with E-state index in [4.69, 9.17) is 7.85 Å². The average molecular weight is 153 g/mol. The van der Waals surface area contributed by atoms with Crippen LogP contribution in [0.3, 0.4) is 0 Å². The Bertz CT molecular complexity index is 226. The van der Waals surface area contributed by atoms with Gasteiger partial charge in [-0.1, -0.05) is 20.8 Å². The maximum absolute atomic E-state index is 5.52. The molecule has 2 radical (unpaired) electrons. The van der Waals surface area contributed by atoms with Gasteiger partial charge in [0.05, 0.1) is 0 Å². The van der Waals surface area contributed by atoms with E-state index in [-0.39, 0.29) is 0 Å². The fourth-order valence-corrected chi connectivity index (χ4v) is 0.921. The third-order valence-electron chi connectivity index (χ3n) is 0.971. The number of nitrogens with zero attached hydrogens (tertiary/aromatic N) is 1. The molecule has 0 aromatic carbocycles. The van der Waals surface area contributed by atoms with Gasteiger partial charge in [-0.25, -0.2) is 0 Å². The molecule has 0 fully saturated rings. The average Bonchev–Trinajstić information content (AvgIpc) is 1.80. The second-order valence-electron chi connectivity index (χ2n) is 1.74. The smallest absolute Gasteiger partial charge is 0.116 e. The van der Waals surface area contributed by atoms with Gasteiger partial charge >= 0.3 is 0 Å². The fraction of sp³-hybridized carbons (Fsp3) is 0. The molecule has 1 heterocycles. The van der Waals surface area contributed by atoms with Gasteiger partial charge in [0.15, 0.2) is 0 Å². The van der Waals surface area contributed by atoms with Crippen LogP contribution in [0.2, 0.25) is 0 Å². The van der Waals surface area contributed by atoms with Gasteiger partial charge in [-0.05, 0) is 5.30 Å². The molecular formula is C5H6BNP2. The van der Waals surface area contributed by atoms with Gasteiger partial charge in [-0.15, -0.1) is 9.24 Å². The van der Waals surface area contributed by atoms with Crippen molar-refractivity contribution in [2.24, 2.45) is 0 Å². The first-order chi connectivity index (χ1) is 4.20. The molecule has 1 aromatic heterocycles. The van der Waals surface area contributed by atoms with Crippen molar-refractivity contribution in [1.82, 2.24) is 4.98 Å². The molecule has 2 unspecified atom stereocenters. The van der Waals surface area contributed by atoms with Crippen LogP contribution in [0.25, 0.3) is 0 Å². The highest BCUT2D eigenvalue weighted by Gasteiger charge is 1.90. The van der Waals surface area contributed by atoms with Crippen molar-refractivity contribution in [2.45, 2.75) is 0 Å². The molecule has 1 rings (SSSR count). The van der Waals surface area contributed by atoms with Gasteiger partial charge in [0.25, 0.3) is 0 Å². The molecule has 0 aliphatic heterocycles. The molecule has 0 aliphatic carbocycles. The van der Waals surface area contributed by atoms with Crippen LogP contribution in [0.4, 0.5) is 0 Å². The van der Waals surface area contributed by atoms with Crippen molar-refractivity contribution in [3.05, 3.63) is 12.3 Å². The van der Waals surface area contributed by atoms with Crippen molar-refractivity contribution in [3.8, 4) is 0 Å². The highest BCUT2D eigenvalue weighted by molar-refractivity contribution is 7.28. The van der Waals surface area contributed by atoms with E-state index in [1.165, 1.54) is 0 Å². The zero-order chi connectivity index (χ0) is 6.85. The zero-order valence-electron chi connectivity index (χ0n) is 4.83. The third-order valence-corrected chi connectivity index (χ3v) is 1.77. The van der Waals surface area contributed by atoms with Crippen LogP contribution in [0, 0.1) is 0 Å². The summed E-state index contributed by atoms with van der Waals surface area (Å²) in [5, 5.41) is 1.01. The number of pyridine rings is 1. The summed E-state index contributed by atoms with van der Waals surface area (Å²) in [5.41, 5.74) is 1.52. The Hall–Kier alpha value is 0.0749. The summed E-state index contributed by atoms with van der Waals surface area (Å²) in [6, 6.07) is 1.86. The van der Waals surface area contributed by atoms with E-state index < -0.39 is 0 Å². The molecule has 0 aliphatic rings. The summed E-state index contributed by atoms with van der Waals surface area (Å²) in [7, 11) is 10.5.